The highest BCUT2D eigenvalue weighted by atomic mass is 32.2. The molecule has 0 aromatic heterocycles. The van der Waals surface area contributed by atoms with Crippen molar-refractivity contribution in [2.45, 2.75) is 12.5 Å². The van der Waals surface area contributed by atoms with Crippen LogP contribution in [0.4, 0.5) is 14.5 Å². The normalized spacial score (nSPS) is 13.1. The van der Waals surface area contributed by atoms with Crippen LogP contribution in [0.1, 0.15) is 6.42 Å². The summed E-state index contributed by atoms with van der Waals surface area (Å²) in [6.07, 6.45) is 0.949. The van der Waals surface area contributed by atoms with Crippen LogP contribution in [0.2, 0.25) is 0 Å². The average molecular weight is 292 g/mol. The molecule has 1 rings (SSSR count). The van der Waals surface area contributed by atoms with E-state index in [9.17, 15) is 22.0 Å². The van der Waals surface area contributed by atoms with Crippen LogP contribution in [0, 0.1) is 11.6 Å². The second-order valence-corrected chi connectivity index (χ2v) is 6.40. The molecule has 1 atom stereocenters. The van der Waals surface area contributed by atoms with Crippen molar-refractivity contribution < 1.29 is 22.0 Å². The van der Waals surface area contributed by atoms with Gasteiger partial charge in [0, 0.05) is 12.3 Å². The number of amides is 1. The molecule has 5 nitrogen and oxygen atoms in total. The lowest BCUT2D eigenvalue weighted by atomic mass is 10.2. The number of rotatable bonds is 5. The summed E-state index contributed by atoms with van der Waals surface area (Å²) in [6, 6.07) is 1.59. The van der Waals surface area contributed by atoms with E-state index in [2.05, 4.69) is 5.32 Å². The molecule has 106 valence electrons. The van der Waals surface area contributed by atoms with Crippen molar-refractivity contribution in [1.29, 1.82) is 0 Å². The second kappa shape index (κ2) is 6.07. The van der Waals surface area contributed by atoms with Gasteiger partial charge in [-0.05, 0) is 18.6 Å². The average Bonchev–Trinajstić information content (AvgIpc) is 2.28. The van der Waals surface area contributed by atoms with Crippen LogP contribution in [0.25, 0.3) is 0 Å². The van der Waals surface area contributed by atoms with Gasteiger partial charge in [0.05, 0.1) is 17.5 Å². The van der Waals surface area contributed by atoms with E-state index >= 15 is 0 Å². The second-order valence-electron chi connectivity index (χ2n) is 4.14. The molecule has 0 aliphatic carbocycles. The minimum Gasteiger partial charge on any atom is -0.322 e. The summed E-state index contributed by atoms with van der Waals surface area (Å²) in [5.41, 5.74) is 5.27. The molecule has 0 fully saturated rings. The molecule has 0 heterocycles. The smallest absolute Gasteiger partial charge is 0.241 e. The Morgan fingerprint density at radius 2 is 2.05 bits per heavy atom. The maximum atomic E-state index is 13.3. The molecule has 0 spiro atoms. The van der Waals surface area contributed by atoms with E-state index in [0.717, 1.165) is 18.4 Å². The van der Waals surface area contributed by atoms with Gasteiger partial charge >= 0.3 is 0 Å². The number of carbonyl (C=O) groups is 1. The summed E-state index contributed by atoms with van der Waals surface area (Å²) in [4.78, 5) is 11.6. The predicted octanol–water partition coefficient (Wildman–Crippen LogP) is 0.665. The van der Waals surface area contributed by atoms with Crippen molar-refractivity contribution in [1.82, 2.24) is 0 Å². The van der Waals surface area contributed by atoms with Crippen molar-refractivity contribution in [2.24, 2.45) is 5.73 Å². The molecule has 0 aliphatic rings. The summed E-state index contributed by atoms with van der Waals surface area (Å²) < 4.78 is 47.7. The van der Waals surface area contributed by atoms with Gasteiger partial charge in [-0.25, -0.2) is 17.2 Å². The van der Waals surface area contributed by atoms with Gasteiger partial charge in [-0.3, -0.25) is 4.79 Å². The van der Waals surface area contributed by atoms with Gasteiger partial charge in [0.25, 0.3) is 0 Å². The molecule has 8 heteroatoms. The number of hydrogen-bond acceptors (Lipinski definition) is 4. The summed E-state index contributed by atoms with van der Waals surface area (Å²) in [7, 11) is -3.22. The molecule has 19 heavy (non-hydrogen) atoms. The SMILES string of the molecule is CS(=O)(=O)CCC(N)C(=O)Nc1ccc(F)cc1F. The van der Waals surface area contributed by atoms with Crippen LogP contribution in [0.3, 0.4) is 0 Å². The zero-order valence-electron chi connectivity index (χ0n) is 10.2. The van der Waals surface area contributed by atoms with Crippen LogP contribution in [-0.4, -0.2) is 32.4 Å². The highest BCUT2D eigenvalue weighted by Gasteiger charge is 2.17. The summed E-state index contributed by atoms with van der Waals surface area (Å²) in [5, 5.41) is 2.17. The Hall–Kier alpha value is -1.54. The first kappa shape index (κ1) is 15.5. The number of anilines is 1. The number of benzene rings is 1. The van der Waals surface area contributed by atoms with Crippen molar-refractivity contribution in [3.05, 3.63) is 29.8 Å². The van der Waals surface area contributed by atoms with Gasteiger partial charge in [-0.1, -0.05) is 0 Å². The van der Waals surface area contributed by atoms with Crippen LogP contribution < -0.4 is 11.1 Å². The Morgan fingerprint density at radius 1 is 1.42 bits per heavy atom. The van der Waals surface area contributed by atoms with Crippen molar-refractivity contribution >= 4 is 21.4 Å². The molecule has 1 aromatic carbocycles. The third kappa shape index (κ3) is 5.31. The lowest BCUT2D eigenvalue weighted by Gasteiger charge is -2.12. The quantitative estimate of drug-likeness (QED) is 0.834. The number of halogens is 2. The summed E-state index contributed by atoms with van der Waals surface area (Å²) >= 11 is 0. The molecule has 3 N–H and O–H groups in total. The number of nitrogens with two attached hydrogens (primary N) is 1. The minimum absolute atomic E-state index is 0.0759. The van der Waals surface area contributed by atoms with E-state index in [1.165, 1.54) is 0 Å². The third-order valence-electron chi connectivity index (χ3n) is 2.33. The Balaban J connectivity index is 2.64. The molecule has 0 saturated carbocycles. The van der Waals surface area contributed by atoms with E-state index in [1.807, 2.05) is 0 Å². The molecule has 0 aliphatic heterocycles. The number of hydrogen-bond donors (Lipinski definition) is 2. The van der Waals surface area contributed by atoms with Gasteiger partial charge in [0.1, 0.15) is 21.5 Å². The van der Waals surface area contributed by atoms with E-state index in [0.29, 0.717) is 6.07 Å². The first-order valence-electron chi connectivity index (χ1n) is 5.38. The van der Waals surface area contributed by atoms with Crippen LogP contribution in [0.5, 0.6) is 0 Å². The zero-order chi connectivity index (χ0) is 14.6. The van der Waals surface area contributed by atoms with Crippen molar-refractivity contribution in [2.75, 3.05) is 17.3 Å². The fraction of sp³-hybridized carbons (Fsp3) is 0.364. The number of nitrogens with one attached hydrogen (secondary N) is 1. The molecule has 1 amide bonds. The van der Waals surface area contributed by atoms with E-state index in [1.54, 1.807) is 0 Å². The lowest BCUT2D eigenvalue weighted by Crippen LogP contribution is -2.37. The van der Waals surface area contributed by atoms with Crippen LogP contribution in [0.15, 0.2) is 18.2 Å². The zero-order valence-corrected chi connectivity index (χ0v) is 11.0. The maximum absolute atomic E-state index is 13.3. The molecule has 1 unspecified atom stereocenters. The highest BCUT2D eigenvalue weighted by molar-refractivity contribution is 7.90. The Kier molecular flexibility index (Phi) is 4.96. The molecule has 0 bridgehead atoms. The van der Waals surface area contributed by atoms with Crippen molar-refractivity contribution in [3.8, 4) is 0 Å². The highest BCUT2D eigenvalue weighted by Crippen LogP contribution is 2.15. The predicted molar refractivity (Wildman–Crippen MR) is 67.3 cm³/mol. The van der Waals surface area contributed by atoms with Gasteiger partial charge in [-0.2, -0.15) is 0 Å². The van der Waals surface area contributed by atoms with Crippen LogP contribution >= 0.6 is 0 Å². The van der Waals surface area contributed by atoms with Gasteiger partial charge in [-0.15, -0.1) is 0 Å². The molecular weight excluding hydrogens is 278 g/mol. The van der Waals surface area contributed by atoms with E-state index in [-0.39, 0.29) is 17.9 Å². The first-order valence-corrected chi connectivity index (χ1v) is 7.44. The molecule has 0 saturated heterocycles. The Bertz CT molecular complexity index is 575. The van der Waals surface area contributed by atoms with Crippen LogP contribution in [-0.2, 0) is 14.6 Å². The monoisotopic (exact) mass is 292 g/mol. The Labute approximate surface area is 109 Å². The fourth-order valence-electron chi connectivity index (χ4n) is 1.29. The maximum Gasteiger partial charge on any atom is 0.241 e. The first-order chi connectivity index (χ1) is 8.69. The summed E-state index contributed by atoms with van der Waals surface area (Å²) in [5.74, 6) is -2.66. The fourth-order valence-corrected chi connectivity index (χ4v) is 1.97. The molecular formula is C11H14F2N2O3S. The number of carbonyl (C=O) groups excluding carboxylic acids is 1. The Morgan fingerprint density at radius 3 is 2.58 bits per heavy atom. The minimum atomic E-state index is -3.22. The molecule has 0 radical (unpaired) electrons. The van der Waals surface area contributed by atoms with E-state index in [4.69, 9.17) is 5.73 Å². The third-order valence-corrected chi connectivity index (χ3v) is 3.30. The van der Waals surface area contributed by atoms with Crippen molar-refractivity contribution in [3.63, 3.8) is 0 Å². The topological polar surface area (TPSA) is 89.3 Å². The van der Waals surface area contributed by atoms with E-state index < -0.39 is 33.4 Å². The largest absolute Gasteiger partial charge is 0.322 e. The van der Waals surface area contributed by atoms with Gasteiger partial charge in [0.2, 0.25) is 5.91 Å². The number of sulfone groups is 1. The standard InChI is InChI=1S/C11H14F2N2O3S/c1-19(17,18)5-4-9(14)11(16)15-10-3-2-7(12)6-8(10)13/h2-3,6,9H,4-5,14H2,1H3,(H,15,16). The molecule has 1 aromatic rings. The lowest BCUT2D eigenvalue weighted by molar-refractivity contribution is -0.117. The van der Waals surface area contributed by atoms with Gasteiger partial charge < -0.3 is 11.1 Å². The van der Waals surface area contributed by atoms with Gasteiger partial charge in [0.15, 0.2) is 0 Å². The summed E-state index contributed by atoms with van der Waals surface area (Å²) in [6.45, 7) is 0.